The van der Waals surface area contributed by atoms with Gasteiger partial charge < -0.3 is 4.74 Å². The van der Waals surface area contributed by atoms with E-state index in [1.807, 2.05) is 30.3 Å². The van der Waals surface area contributed by atoms with Crippen LogP contribution in [0.5, 0.6) is 5.75 Å². The van der Waals surface area contributed by atoms with Crippen molar-refractivity contribution < 1.29 is 9.66 Å². The van der Waals surface area contributed by atoms with Gasteiger partial charge in [-0.3, -0.25) is 19.5 Å². The van der Waals surface area contributed by atoms with Crippen LogP contribution in [0.3, 0.4) is 0 Å². The Labute approximate surface area is 137 Å². The molecule has 3 rings (SSSR count). The molecule has 0 fully saturated rings. The van der Waals surface area contributed by atoms with Gasteiger partial charge in [-0.15, -0.1) is 0 Å². The predicted octanol–water partition coefficient (Wildman–Crippen LogP) is 2.77. The van der Waals surface area contributed by atoms with Crippen molar-refractivity contribution in [3.05, 3.63) is 75.3 Å². The summed E-state index contributed by atoms with van der Waals surface area (Å²) >= 11 is 0. The van der Waals surface area contributed by atoms with E-state index in [1.165, 1.54) is 29.1 Å². The van der Waals surface area contributed by atoms with Crippen molar-refractivity contribution in [1.29, 1.82) is 0 Å². The molecular weight excluding hydrogens is 310 g/mol. The van der Waals surface area contributed by atoms with Crippen molar-refractivity contribution in [2.45, 2.75) is 13.0 Å². The van der Waals surface area contributed by atoms with Crippen molar-refractivity contribution in [3.8, 4) is 5.75 Å². The Hall–Kier alpha value is -3.22. The number of aryl methyl sites for hydroxylation is 1. The van der Waals surface area contributed by atoms with Crippen molar-refractivity contribution >= 4 is 16.6 Å². The highest BCUT2D eigenvalue weighted by Gasteiger charge is 2.10. The highest BCUT2D eigenvalue weighted by molar-refractivity contribution is 5.79. The second-order valence-electron chi connectivity index (χ2n) is 5.22. The van der Waals surface area contributed by atoms with E-state index in [2.05, 4.69) is 4.98 Å². The summed E-state index contributed by atoms with van der Waals surface area (Å²) in [7, 11) is 0. The Morgan fingerprint density at radius 2 is 1.96 bits per heavy atom. The van der Waals surface area contributed by atoms with Gasteiger partial charge in [0.15, 0.2) is 0 Å². The van der Waals surface area contributed by atoms with E-state index in [0.717, 1.165) is 5.75 Å². The molecule has 0 radical (unpaired) electrons. The molecule has 0 aliphatic rings. The minimum absolute atomic E-state index is 0.0802. The third-order valence-corrected chi connectivity index (χ3v) is 3.57. The lowest BCUT2D eigenvalue weighted by atomic mass is 10.2. The van der Waals surface area contributed by atoms with Gasteiger partial charge in [0.1, 0.15) is 5.75 Å². The second kappa shape index (κ2) is 6.91. The molecule has 7 heteroatoms. The number of hydrogen-bond acceptors (Lipinski definition) is 5. The fourth-order valence-corrected chi connectivity index (χ4v) is 2.36. The number of hydrogen-bond donors (Lipinski definition) is 0. The van der Waals surface area contributed by atoms with Crippen LogP contribution in [-0.4, -0.2) is 21.1 Å². The molecule has 0 saturated carbocycles. The van der Waals surface area contributed by atoms with Gasteiger partial charge in [0.2, 0.25) is 0 Å². The van der Waals surface area contributed by atoms with Gasteiger partial charge in [-0.1, -0.05) is 18.2 Å². The lowest BCUT2D eigenvalue weighted by Gasteiger charge is -2.08. The molecule has 0 spiro atoms. The summed E-state index contributed by atoms with van der Waals surface area (Å²) in [6.45, 7) is 0.945. The quantitative estimate of drug-likeness (QED) is 0.395. The molecule has 2 aromatic carbocycles. The zero-order valence-corrected chi connectivity index (χ0v) is 12.8. The lowest BCUT2D eigenvalue weighted by molar-refractivity contribution is -0.384. The maximum absolute atomic E-state index is 12.4. The summed E-state index contributed by atoms with van der Waals surface area (Å²) < 4.78 is 7.08. The standard InChI is InChI=1S/C17H15N3O4/c21-17-15-8-7-13(20(22)23)11-16(15)18-12-19(17)9-4-10-24-14-5-2-1-3-6-14/h1-3,5-8,11-12H,4,9-10H2. The predicted molar refractivity (Wildman–Crippen MR) is 89.2 cm³/mol. The minimum Gasteiger partial charge on any atom is -0.494 e. The summed E-state index contributed by atoms with van der Waals surface area (Å²) in [6, 6.07) is 13.5. The zero-order valence-electron chi connectivity index (χ0n) is 12.8. The molecule has 0 N–H and O–H groups in total. The molecule has 1 heterocycles. The van der Waals surface area contributed by atoms with Crippen LogP contribution in [0.25, 0.3) is 10.9 Å². The molecule has 1 aromatic heterocycles. The average Bonchev–Trinajstić information content (AvgIpc) is 2.61. The van der Waals surface area contributed by atoms with Crippen molar-refractivity contribution in [3.63, 3.8) is 0 Å². The molecule has 3 aromatic rings. The fourth-order valence-electron chi connectivity index (χ4n) is 2.36. The van der Waals surface area contributed by atoms with E-state index in [4.69, 9.17) is 4.74 Å². The summed E-state index contributed by atoms with van der Waals surface area (Å²) in [5.41, 5.74) is 0.0315. The van der Waals surface area contributed by atoms with Gasteiger partial charge >= 0.3 is 0 Å². The molecule has 0 bridgehead atoms. The Morgan fingerprint density at radius 1 is 1.17 bits per heavy atom. The number of benzene rings is 2. The summed E-state index contributed by atoms with van der Waals surface area (Å²) in [6.07, 6.45) is 2.06. The van der Waals surface area contributed by atoms with Gasteiger partial charge in [0.25, 0.3) is 11.2 Å². The number of nitrogens with zero attached hydrogens (tertiary/aromatic N) is 3. The minimum atomic E-state index is -0.506. The van der Waals surface area contributed by atoms with Crippen molar-refractivity contribution in [1.82, 2.24) is 9.55 Å². The summed E-state index contributed by atoms with van der Waals surface area (Å²) in [4.78, 5) is 26.8. The second-order valence-corrected chi connectivity index (χ2v) is 5.22. The van der Waals surface area contributed by atoms with Crippen molar-refractivity contribution in [2.75, 3.05) is 6.61 Å². The smallest absolute Gasteiger partial charge is 0.271 e. The monoisotopic (exact) mass is 325 g/mol. The van der Waals surface area contributed by atoms with Crippen LogP contribution < -0.4 is 10.3 Å². The van der Waals surface area contributed by atoms with Gasteiger partial charge in [0, 0.05) is 18.7 Å². The third-order valence-electron chi connectivity index (χ3n) is 3.57. The Morgan fingerprint density at radius 3 is 2.71 bits per heavy atom. The molecule has 0 saturated heterocycles. The molecule has 0 atom stereocenters. The van der Waals surface area contributed by atoms with Gasteiger partial charge in [-0.2, -0.15) is 0 Å². The van der Waals surface area contributed by atoms with Gasteiger partial charge in [-0.05, 0) is 24.6 Å². The maximum atomic E-state index is 12.4. The van der Waals surface area contributed by atoms with Crippen LogP contribution in [0.1, 0.15) is 6.42 Å². The first-order valence-corrected chi connectivity index (χ1v) is 7.46. The van der Waals surface area contributed by atoms with E-state index in [-0.39, 0.29) is 11.2 Å². The van der Waals surface area contributed by atoms with Crippen LogP contribution >= 0.6 is 0 Å². The average molecular weight is 325 g/mol. The van der Waals surface area contributed by atoms with Crippen LogP contribution in [-0.2, 0) is 6.54 Å². The number of fused-ring (bicyclic) bond motifs is 1. The molecule has 122 valence electrons. The maximum Gasteiger partial charge on any atom is 0.271 e. The molecule has 0 aliphatic heterocycles. The number of non-ortho nitro benzene ring substituents is 1. The van der Waals surface area contributed by atoms with E-state index in [1.54, 1.807) is 0 Å². The molecule has 24 heavy (non-hydrogen) atoms. The van der Waals surface area contributed by atoms with E-state index in [9.17, 15) is 14.9 Å². The van der Waals surface area contributed by atoms with Crippen LogP contribution in [0, 0.1) is 10.1 Å². The first kappa shape index (κ1) is 15.7. The van der Waals surface area contributed by atoms with E-state index in [0.29, 0.717) is 30.5 Å². The summed E-state index contributed by atoms with van der Waals surface area (Å²) in [5.74, 6) is 0.786. The van der Waals surface area contributed by atoms with Crippen LogP contribution in [0.4, 0.5) is 5.69 Å². The van der Waals surface area contributed by atoms with Gasteiger partial charge in [-0.25, -0.2) is 4.98 Å². The Kier molecular flexibility index (Phi) is 4.51. The number of aromatic nitrogens is 2. The number of nitro benzene ring substituents is 1. The molecular formula is C17H15N3O4. The molecule has 0 amide bonds. The largest absolute Gasteiger partial charge is 0.494 e. The van der Waals surface area contributed by atoms with Crippen LogP contribution in [0.15, 0.2) is 59.7 Å². The molecule has 7 nitrogen and oxygen atoms in total. The topological polar surface area (TPSA) is 87.3 Å². The van der Waals surface area contributed by atoms with E-state index >= 15 is 0 Å². The van der Waals surface area contributed by atoms with Crippen LogP contribution in [0.2, 0.25) is 0 Å². The fraction of sp³-hybridized carbons (Fsp3) is 0.176. The normalized spacial score (nSPS) is 10.7. The number of ether oxygens (including phenoxy) is 1. The lowest BCUT2D eigenvalue weighted by Crippen LogP contribution is -2.21. The first-order chi connectivity index (χ1) is 11.6. The highest BCUT2D eigenvalue weighted by atomic mass is 16.6. The van der Waals surface area contributed by atoms with E-state index < -0.39 is 4.92 Å². The van der Waals surface area contributed by atoms with Crippen molar-refractivity contribution in [2.24, 2.45) is 0 Å². The zero-order chi connectivity index (χ0) is 16.9. The Bertz CT molecular complexity index is 922. The molecule has 0 unspecified atom stereocenters. The summed E-state index contributed by atoms with van der Waals surface area (Å²) in [5, 5.41) is 11.1. The third kappa shape index (κ3) is 3.40. The first-order valence-electron chi connectivity index (χ1n) is 7.46. The van der Waals surface area contributed by atoms with Gasteiger partial charge in [0.05, 0.1) is 28.8 Å². The number of rotatable bonds is 6. The number of nitro groups is 1. The highest BCUT2D eigenvalue weighted by Crippen LogP contribution is 2.16. The SMILES string of the molecule is O=c1c2ccc([N+](=O)[O-])cc2ncn1CCCOc1ccccc1. The number of para-hydroxylation sites is 1. The Balaban J connectivity index is 1.69. The molecule has 0 aliphatic carbocycles.